The number of halogens is 1. The van der Waals surface area contributed by atoms with Crippen molar-refractivity contribution in [1.29, 1.82) is 0 Å². The van der Waals surface area contributed by atoms with E-state index in [2.05, 4.69) is 15.9 Å². The number of carbonyl (C=O) groups is 2. The Kier molecular flexibility index (Phi) is 2.36. The Morgan fingerprint density at radius 2 is 2.25 bits per heavy atom. The van der Waals surface area contributed by atoms with Crippen molar-refractivity contribution in [1.82, 2.24) is 4.90 Å². The first-order valence-corrected chi connectivity index (χ1v) is 7.27. The van der Waals surface area contributed by atoms with E-state index in [1.54, 1.807) is 0 Å². The zero-order valence-corrected chi connectivity index (χ0v) is 10.8. The Labute approximate surface area is 101 Å². The molecule has 1 unspecified atom stereocenters. The number of sulfone groups is 1. The second kappa shape index (κ2) is 3.19. The van der Waals surface area contributed by atoms with E-state index in [4.69, 9.17) is 5.11 Å². The van der Waals surface area contributed by atoms with E-state index >= 15 is 0 Å². The summed E-state index contributed by atoms with van der Waals surface area (Å²) in [7, 11) is -3.63. The normalized spacial score (nSPS) is 40.4. The van der Waals surface area contributed by atoms with Gasteiger partial charge in [-0.15, -0.1) is 0 Å². The smallest absolute Gasteiger partial charge is 0.328 e. The molecule has 0 saturated carbocycles. The fraction of sp³-hybridized carbons (Fsp3) is 0.750. The summed E-state index contributed by atoms with van der Waals surface area (Å²) in [6, 6.07) is -1.29. The van der Waals surface area contributed by atoms with Crippen LogP contribution in [0, 0.1) is 0 Å². The zero-order chi connectivity index (χ0) is 12.3. The number of aliphatic carboxylic acids is 1. The molecular formula is C8H10BrNO5S. The molecule has 0 radical (unpaired) electrons. The number of β-lactam (4-membered cyclic amide) rings is 1. The molecule has 3 atom stereocenters. The first-order chi connectivity index (χ1) is 7.27. The fourth-order valence-electron chi connectivity index (χ4n) is 2.26. The maximum atomic E-state index is 12.1. The predicted octanol–water partition coefficient (Wildman–Crippen LogP) is -0.420. The topological polar surface area (TPSA) is 91.8 Å². The third-order valence-corrected chi connectivity index (χ3v) is 7.63. The third-order valence-electron chi connectivity index (χ3n) is 3.31. The first-order valence-electron chi connectivity index (χ1n) is 4.60. The average Bonchev–Trinajstić information content (AvgIpc) is 2.32. The minimum absolute atomic E-state index is 0.000417. The van der Waals surface area contributed by atoms with E-state index in [0.29, 0.717) is 0 Å². The molecule has 1 amide bonds. The van der Waals surface area contributed by atoms with Crippen molar-refractivity contribution in [3.05, 3.63) is 0 Å². The first kappa shape index (κ1) is 11.8. The van der Waals surface area contributed by atoms with Crippen molar-refractivity contribution >= 4 is 37.6 Å². The van der Waals surface area contributed by atoms with Crippen molar-refractivity contribution in [2.24, 2.45) is 0 Å². The zero-order valence-electron chi connectivity index (χ0n) is 8.38. The number of nitrogens with zero attached hydrogens (tertiary/aromatic N) is 1. The fourth-order valence-corrected chi connectivity index (χ4v) is 5.72. The highest BCUT2D eigenvalue weighted by atomic mass is 79.9. The van der Waals surface area contributed by atoms with Crippen molar-refractivity contribution in [3.63, 3.8) is 0 Å². The number of amides is 1. The van der Waals surface area contributed by atoms with Gasteiger partial charge in [-0.05, 0) is 6.92 Å². The molecule has 0 aromatic heterocycles. The molecule has 0 bridgehead atoms. The Morgan fingerprint density at radius 3 is 2.62 bits per heavy atom. The van der Waals surface area contributed by atoms with E-state index < -0.39 is 37.9 Å². The number of carboxylic acids is 1. The summed E-state index contributed by atoms with van der Waals surface area (Å²) >= 11 is 3.04. The van der Waals surface area contributed by atoms with Gasteiger partial charge in [-0.3, -0.25) is 4.79 Å². The molecule has 1 N–H and O–H groups in total. The highest BCUT2D eigenvalue weighted by Crippen LogP contribution is 2.46. The molecule has 2 heterocycles. The number of hydrogen-bond donors (Lipinski definition) is 1. The van der Waals surface area contributed by atoms with Crippen LogP contribution < -0.4 is 0 Å². The molecule has 2 fully saturated rings. The van der Waals surface area contributed by atoms with E-state index in [0.717, 1.165) is 4.90 Å². The molecule has 2 aliphatic heterocycles. The summed E-state index contributed by atoms with van der Waals surface area (Å²) in [6.45, 7) is 1.36. The molecule has 0 aromatic carbocycles. The van der Waals surface area contributed by atoms with Crippen molar-refractivity contribution in [2.75, 3.05) is 5.33 Å². The van der Waals surface area contributed by atoms with Crippen LogP contribution in [0.2, 0.25) is 0 Å². The van der Waals surface area contributed by atoms with Crippen LogP contribution >= 0.6 is 15.9 Å². The van der Waals surface area contributed by atoms with Gasteiger partial charge in [-0.1, -0.05) is 15.9 Å². The van der Waals surface area contributed by atoms with Gasteiger partial charge in [0.2, 0.25) is 5.91 Å². The number of hydrogen-bond acceptors (Lipinski definition) is 4. The maximum absolute atomic E-state index is 12.1. The van der Waals surface area contributed by atoms with Crippen LogP contribution in [0.15, 0.2) is 0 Å². The van der Waals surface area contributed by atoms with E-state index in [-0.39, 0.29) is 11.8 Å². The lowest BCUT2D eigenvalue weighted by atomic mass is 9.98. The average molecular weight is 312 g/mol. The van der Waals surface area contributed by atoms with E-state index in [1.807, 2.05) is 0 Å². The Hall–Kier alpha value is -0.630. The quantitative estimate of drug-likeness (QED) is 0.552. The Bertz CT molecular complexity index is 475. The Morgan fingerprint density at radius 1 is 1.69 bits per heavy atom. The van der Waals surface area contributed by atoms with Gasteiger partial charge >= 0.3 is 5.97 Å². The van der Waals surface area contributed by atoms with Gasteiger partial charge in [0.05, 0.1) is 6.42 Å². The molecule has 2 rings (SSSR count). The van der Waals surface area contributed by atoms with Crippen LogP contribution in [-0.2, 0) is 19.4 Å². The number of carbonyl (C=O) groups excluding carboxylic acids is 1. The molecule has 90 valence electrons. The van der Waals surface area contributed by atoms with Crippen LogP contribution in [0.4, 0.5) is 0 Å². The minimum Gasteiger partial charge on any atom is -0.480 e. The largest absolute Gasteiger partial charge is 0.480 e. The van der Waals surface area contributed by atoms with Crippen molar-refractivity contribution in [2.45, 2.75) is 29.5 Å². The molecule has 8 heteroatoms. The number of alkyl halides is 1. The number of fused-ring (bicyclic) bond motifs is 1. The standard InChI is InChI=1S/C8H10BrNO5S/c1-8(3-9)6(7(12)13)10-4(11)2-5(10)16(8,14)15/h5-6H,2-3H2,1H3,(H,12,13)/t5?,6-,8-/m0/s1. The van der Waals surface area contributed by atoms with Gasteiger partial charge in [0, 0.05) is 5.33 Å². The second-order valence-corrected chi connectivity index (χ2v) is 7.32. The van der Waals surface area contributed by atoms with Crippen LogP contribution in [0.1, 0.15) is 13.3 Å². The molecule has 16 heavy (non-hydrogen) atoms. The summed E-state index contributed by atoms with van der Waals surface area (Å²) in [6.07, 6.45) is -0.102. The lowest BCUT2D eigenvalue weighted by Gasteiger charge is -2.35. The van der Waals surface area contributed by atoms with E-state index in [1.165, 1.54) is 6.92 Å². The van der Waals surface area contributed by atoms with Crippen LogP contribution in [0.3, 0.4) is 0 Å². The number of carboxylic acid groups (broad SMARTS) is 1. The highest BCUT2D eigenvalue weighted by Gasteiger charge is 2.69. The second-order valence-electron chi connectivity index (χ2n) is 4.19. The van der Waals surface area contributed by atoms with E-state index in [9.17, 15) is 18.0 Å². The molecule has 0 spiro atoms. The van der Waals surface area contributed by atoms with Crippen LogP contribution in [0.25, 0.3) is 0 Å². The number of rotatable bonds is 2. The van der Waals surface area contributed by atoms with Crippen LogP contribution in [0.5, 0.6) is 0 Å². The summed E-state index contributed by atoms with van der Waals surface area (Å²) in [5.41, 5.74) is 0. The van der Waals surface area contributed by atoms with Crippen molar-refractivity contribution in [3.8, 4) is 0 Å². The van der Waals surface area contributed by atoms with Gasteiger partial charge in [0.1, 0.15) is 10.1 Å². The predicted molar refractivity (Wildman–Crippen MR) is 57.8 cm³/mol. The summed E-state index contributed by atoms with van der Waals surface area (Å²) in [4.78, 5) is 23.4. The van der Waals surface area contributed by atoms with Gasteiger partial charge in [-0.25, -0.2) is 13.2 Å². The summed E-state index contributed by atoms with van der Waals surface area (Å²) in [5, 5.41) is 8.12. The molecule has 0 aliphatic carbocycles. The Balaban J connectivity index is 2.59. The molecule has 6 nitrogen and oxygen atoms in total. The SMILES string of the molecule is C[C@]1(CBr)[C@H](C(=O)O)N2C(=O)CC2S1(=O)=O. The summed E-state index contributed by atoms with van der Waals surface area (Å²) < 4.78 is 22.7. The molecular weight excluding hydrogens is 302 g/mol. The van der Waals surface area contributed by atoms with Crippen LogP contribution in [-0.4, -0.2) is 51.8 Å². The molecule has 2 aliphatic rings. The molecule has 0 aromatic rings. The lowest BCUT2D eigenvalue weighted by Crippen LogP contribution is -2.57. The highest BCUT2D eigenvalue weighted by molar-refractivity contribution is 9.09. The van der Waals surface area contributed by atoms with Crippen molar-refractivity contribution < 1.29 is 23.1 Å². The summed E-state index contributed by atoms with van der Waals surface area (Å²) in [5.74, 6) is -1.69. The van der Waals surface area contributed by atoms with Gasteiger partial charge in [0.15, 0.2) is 15.9 Å². The minimum atomic E-state index is -3.63. The lowest BCUT2D eigenvalue weighted by molar-refractivity contribution is -0.157. The van der Waals surface area contributed by atoms with Gasteiger partial charge in [-0.2, -0.15) is 0 Å². The van der Waals surface area contributed by atoms with Gasteiger partial charge in [0.25, 0.3) is 0 Å². The monoisotopic (exact) mass is 311 g/mol. The third kappa shape index (κ3) is 1.09. The maximum Gasteiger partial charge on any atom is 0.328 e. The van der Waals surface area contributed by atoms with Gasteiger partial charge < -0.3 is 10.0 Å². The molecule has 2 saturated heterocycles.